The molecule has 96 valence electrons. The van der Waals surface area contributed by atoms with Gasteiger partial charge in [0.15, 0.2) is 0 Å². The zero-order valence-corrected chi connectivity index (χ0v) is 12.1. The highest BCUT2D eigenvalue weighted by atomic mass is 35.5. The maximum absolute atomic E-state index is 6.04. The van der Waals surface area contributed by atoms with E-state index in [9.17, 15) is 0 Å². The predicted octanol–water partition coefficient (Wildman–Crippen LogP) is 4.62. The zero-order valence-electron chi connectivity index (χ0n) is 11.3. The van der Waals surface area contributed by atoms with E-state index >= 15 is 0 Å². The summed E-state index contributed by atoms with van der Waals surface area (Å²) in [7, 11) is 0. The smallest absolute Gasteiger partial charge is 0.130 e. The maximum Gasteiger partial charge on any atom is 0.130 e. The SMILES string of the molecule is CCNc1nc2ccc(Cl)cc2cc1C(C)(C)C. The van der Waals surface area contributed by atoms with E-state index in [1.165, 1.54) is 5.56 Å². The summed E-state index contributed by atoms with van der Waals surface area (Å²) in [5.41, 5.74) is 2.25. The molecule has 2 rings (SSSR count). The summed E-state index contributed by atoms with van der Waals surface area (Å²) >= 11 is 6.04. The van der Waals surface area contributed by atoms with E-state index in [0.29, 0.717) is 0 Å². The summed E-state index contributed by atoms with van der Waals surface area (Å²) in [5.74, 6) is 0.972. The van der Waals surface area contributed by atoms with Crippen LogP contribution in [0.15, 0.2) is 24.3 Å². The third-order valence-corrected chi connectivity index (χ3v) is 3.16. The van der Waals surface area contributed by atoms with E-state index in [-0.39, 0.29) is 5.41 Å². The van der Waals surface area contributed by atoms with Crippen molar-refractivity contribution < 1.29 is 0 Å². The summed E-state index contributed by atoms with van der Waals surface area (Å²) in [5, 5.41) is 5.19. The molecule has 0 aliphatic heterocycles. The van der Waals surface area contributed by atoms with Crippen LogP contribution in [0.5, 0.6) is 0 Å². The lowest BCUT2D eigenvalue weighted by Crippen LogP contribution is -2.16. The minimum atomic E-state index is 0.0566. The summed E-state index contributed by atoms with van der Waals surface area (Å²) in [6, 6.07) is 8.00. The molecule has 0 spiro atoms. The van der Waals surface area contributed by atoms with Crippen molar-refractivity contribution in [3.63, 3.8) is 0 Å². The first kappa shape index (κ1) is 13.2. The fourth-order valence-electron chi connectivity index (χ4n) is 2.02. The van der Waals surface area contributed by atoms with Gasteiger partial charge in [-0.05, 0) is 36.6 Å². The fraction of sp³-hybridized carbons (Fsp3) is 0.400. The molecule has 2 nitrogen and oxygen atoms in total. The topological polar surface area (TPSA) is 24.9 Å². The lowest BCUT2D eigenvalue weighted by Gasteiger charge is -2.23. The maximum atomic E-state index is 6.04. The van der Waals surface area contributed by atoms with Crippen LogP contribution in [-0.4, -0.2) is 11.5 Å². The molecule has 0 amide bonds. The van der Waals surface area contributed by atoms with Crippen LogP contribution in [0.1, 0.15) is 33.3 Å². The zero-order chi connectivity index (χ0) is 13.3. The van der Waals surface area contributed by atoms with E-state index < -0.39 is 0 Å². The standard InChI is InChI=1S/C15H19ClN2/c1-5-17-14-12(15(2,3)4)9-10-8-11(16)6-7-13(10)18-14/h6-9H,5H2,1-4H3,(H,17,18). The largest absolute Gasteiger partial charge is 0.370 e. The van der Waals surface area contributed by atoms with Gasteiger partial charge < -0.3 is 5.32 Å². The summed E-state index contributed by atoms with van der Waals surface area (Å²) < 4.78 is 0. The van der Waals surface area contributed by atoms with Crippen molar-refractivity contribution >= 4 is 28.3 Å². The third kappa shape index (κ3) is 2.59. The number of anilines is 1. The Hall–Kier alpha value is -1.28. The van der Waals surface area contributed by atoms with Crippen LogP contribution in [0.25, 0.3) is 10.9 Å². The van der Waals surface area contributed by atoms with Crippen molar-refractivity contribution in [1.29, 1.82) is 0 Å². The second-order valence-corrected chi connectivity index (χ2v) is 5.94. The Kier molecular flexibility index (Phi) is 3.49. The van der Waals surface area contributed by atoms with E-state index in [4.69, 9.17) is 16.6 Å². The van der Waals surface area contributed by atoms with E-state index in [2.05, 4.69) is 39.1 Å². The number of rotatable bonds is 2. The number of nitrogens with zero attached hydrogens (tertiary/aromatic N) is 1. The molecule has 3 heteroatoms. The number of fused-ring (bicyclic) bond motifs is 1. The number of halogens is 1. The lowest BCUT2D eigenvalue weighted by molar-refractivity contribution is 0.590. The minimum Gasteiger partial charge on any atom is -0.370 e. The number of pyridine rings is 1. The molecule has 18 heavy (non-hydrogen) atoms. The van der Waals surface area contributed by atoms with E-state index in [1.807, 2.05) is 18.2 Å². The molecular formula is C15H19ClN2. The van der Waals surface area contributed by atoms with Gasteiger partial charge in [0.25, 0.3) is 0 Å². The molecule has 0 radical (unpaired) electrons. The van der Waals surface area contributed by atoms with Gasteiger partial charge in [-0.1, -0.05) is 32.4 Å². The third-order valence-electron chi connectivity index (χ3n) is 2.93. The van der Waals surface area contributed by atoms with Gasteiger partial charge in [0.05, 0.1) is 5.52 Å². The molecule has 0 atom stereocenters. The first-order valence-electron chi connectivity index (χ1n) is 6.26. The molecule has 0 bridgehead atoms. The van der Waals surface area contributed by atoms with Crippen LogP contribution >= 0.6 is 11.6 Å². The molecule has 0 saturated carbocycles. The number of hydrogen-bond acceptors (Lipinski definition) is 2. The minimum absolute atomic E-state index is 0.0566. The average Bonchev–Trinajstić information content (AvgIpc) is 2.27. The molecule has 0 unspecified atom stereocenters. The van der Waals surface area contributed by atoms with Gasteiger partial charge in [-0.2, -0.15) is 0 Å². The van der Waals surface area contributed by atoms with Gasteiger partial charge in [0.1, 0.15) is 5.82 Å². The molecule has 1 heterocycles. The number of hydrogen-bond donors (Lipinski definition) is 1. The van der Waals surface area contributed by atoms with Crippen LogP contribution < -0.4 is 5.32 Å². The van der Waals surface area contributed by atoms with E-state index in [0.717, 1.165) is 28.3 Å². The highest BCUT2D eigenvalue weighted by molar-refractivity contribution is 6.31. The number of nitrogens with one attached hydrogen (secondary N) is 1. The first-order valence-corrected chi connectivity index (χ1v) is 6.64. The highest BCUT2D eigenvalue weighted by Crippen LogP contribution is 2.31. The Morgan fingerprint density at radius 3 is 2.56 bits per heavy atom. The summed E-state index contributed by atoms with van der Waals surface area (Å²) in [6.07, 6.45) is 0. The second-order valence-electron chi connectivity index (χ2n) is 5.50. The molecule has 0 aliphatic rings. The Morgan fingerprint density at radius 2 is 1.94 bits per heavy atom. The van der Waals surface area contributed by atoms with Gasteiger partial charge in [0.2, 0.25) is 0 Å². The molecule has 0 aliphatic carbocycles. The van der Waals surface area contributed by atoms with E-state index in [1.54, 1.807) is 0 Å². The van der Waals surface area contributed by atoms with Crippen LogP contribution in [0.2, 0.25) is 5.02 Å². The molecule has 1 aromatic carbocycles. The summed E-state index contributed by atoms with van der Waals surface area (Å²) in [6.45, 7) is 9.54. The molecule has 2 aromatic rings. The van der Waals surface area contributed by atoms with Crippen molar-refractivity contribution in [1.82, 2.24) is 4.98 Å². The first-order chi connectivity index (χ1) is 8.41. The lowest BCUT2D eigenvalue weighted by atomic mass is 9.86. The predicted molar refractivity (Wildman–Crippen MR) is 79.6 cm³/mol. The van der Waals surface area contributed by atoms with Gasteiger partial charge in [-0.15, -0.1) is 0 Å². The Morgan fingerprint density at radius 1 is 1.22 bits per heavy atom. The molecule has 0 fully saturated rings. The Balaban J connectivity index is 2.69. The van der Waals surface area contributed by atoms with Crippen molar-refractivity contribution in [2.75, 3.05) is 11.9 Å². The monoisotopic (exact) mass is 262 g/mol. The molecule has 1 aromatic heterocycles. The van der Waals surface area contributed by atoms with Crippen LogP contribution in [-0.2, 0) is 5.41 Å². The Bertz CT molecular complexity index is 570. The van der Waals surface area contributed by atoms with Gasteiger partial charge in [-0.25, -0.2) is 4.98 Å². The van der Waals surface area contributed by atoms with Crippen molar-refractivity contribution in [3.8, 4) is 0 Å². The quantitative estimate of drug-likeness (QED) is 0.854. The average molecular weight is 263 g/mol. The van der Waals surface area contributed by atoms with Crippen LogP contribution in [0, 0.1) is 0 Å². The molecule has 1 N–H and O–H groups in total. The second kappa shape index (κ2) is 4.77. The van der Waals surface area contributed by atoms with Crippen LogP contribution in [0.4, 0.5) is 5.82 Å². The van der Waals surface area contributed by atoms with Crippen molar-refractivity contribution in [2.45, 2.75) is 33.1 Å². The number of benzene rings is 1. The summed E-state index contributed by atoms with van der Waals surface area (Å²) in [4.78, 5) is 4.70. The molecule has 0 saturated heterocycles. The van der Waals surface area contributed by atoms with Gasteiger partial charge in [-0.3, -0.25) is 0 Å². The Labute approximate surface area is 113 Å². The number of aromatic nitrogens is 1. The van der Waals surface area contributed by atoms with Crippen molar-refractivity contribution in [3.05, 3.63) is 34.9 Å². The van der Waals surface area contributed by atoms with Gasteiger partial charge in [0, 0.05) is 22.5 Å². The molecular weight excluding hydrogens is 244 g/mol. The van der Waals surface area contributed by atoms with Crippen molar-refractivity contribution in [2.24, 2.45) is 0 Å². The van der Waals surface area contributed by atoms with Gasteiger partial charge >= 0.3 is 0 Å². The fourth-order valence-corrected chi connectivity index (χ4v) is 2.20. The van der Waals surface area contributed by atoms with Crippen LogP contribution in [0.3, 0.4) is 0 Å². The highest BCUT2D eigenvalue weighted by Gasteiger charge is 2.19. The normalized spacial score (nSPS) is 11.8.